The Kier molecular flexibility index (Phi) is 5.35. The van der Waals surface area contributed by atoms with Crippen molar-refractivity contribution in [3.05, 3.63) is 53.7 Å². The van der Waals surface area contributed by atoms with E-state index in [2.05, 4.69) is 4.98 Å². The maximum absolute atomic E-state index is 13.3. The van der Waals surface area contributed by atoms with Crippen LogP contribution in [-0.2, 0) is 15.9 Å². The lowest BCUT2D eigenvalue weighted by Crippen LogP contribution is -2.50. The summed E-state index contributed by atoms with van der Waals surface area (Å²) >= 11 is 0. The van der Waals surface area contributed by atoms with Crippen molar-refractivity contribution in [1.29, 1.82) is 0 Å². The fraction of sp³-hybridized carbons (Fsp3) is 0.333. The van der Waals surface area contributed by atoms with Gasteiger partial charge in [-0.3, -0.25) is 4.79 Å². The molecule has 28 heavy (non-hydrogen) atoms. The number of rotatable bonds is 4. The monoisotopic (exact) mass is 410 g/mol. The molecule has 1 aromatic heterocycles. The summed E-state index contributed by atoms with van der Waals surface area (Å²) in [6.45, 7) is 1.41. The summed E-state index contributed by atoms with van der Waals surface area (Å²) in [5.41, 5.74) is 5.63. The zero-order valence-electron chi connectivity index (χ0n) is 15.2. The topological polar surface area (TPSA) is 96.6 Å². The van der Waals surface area contributed by atoms with E-state index in [0.29, 0.717) is 11.4 Å². The van der Waals surface area contributed by atoms with Crippen LogP contribution < -0.4 is 5.73 Å². The van der Waals surface area contributed by atoms with Crippen LogP contribution in [0.1, 0.15) is 22.8 Å². The normalized spacial score (nSPS) is 16.2. The number of halogens is 2. The highest BCUT2D eigenvalue weighted by molar-refractivity contribution is 7.89. The van der Waals surface area contributed by atoms with Crippen molar-refractivity contribution in [3.8, 4) is 0 Å². The number of anilines is 1. The van der Waals surface area contributed by atoms with E-state index in [1.807, 2.05) is 0 Å². The summed E-state index contributed by atoms with van der Waals surface area (Å²) in [6, 6.07) is 7.68. The van der Waals surface area contributed by atoms with E-state index >= 15 is 0 Å². The summed E-state index contributed by atoms with van der Waals surface area (Å²) in [6.07, 6.45) is 1.38. The van der Waals surface area contributed by atoms with Crippen LogP contribution in [-0.4, -0.2) is 54.7 Å². The molecule has 2 aromatic rings. The zero-order chi connectivity index (χ0) is 20.5. The van der Waals surface area contributed by atoms with Crippen molar-refractivity contribution in [2.45, 2.75) is 17.7 Å². The van der Waals surface area contributed by atoms with Gasteiger partial charge in [-0.2, -0.15) is 4.31 Å². The summed E-state index contributed by atoms with van der Waals surface area (Å²) < 4.78 is 53.4. The van der Waals surface area contributed by atoms with Gasteiger partial charge in [0.25, 0.3) is 11.8 Å². The maximum Gasteiger partial charge on any atom is 0.270 e. The average molecular weight is 410 g/mol. The van der Waals surface area contributed by atoms with E-state index in [1.165, 1.54) is 28.7 Å². The molecule has 1 amide bonds. The molecule has 10 heteroatoms. The van der Waals surface area contributed by atoms with Gasteiger partial charge in [0, 0.05) is 44.9 Å². The molecule has 7 nitrogen and oxygen atoms in total. The number of hydrogen-bond acceptors (Lipinski definition) is 5. The van der Waals surface area contributed by atoms with Crippen molar-refractivity contribution < 1.29 is 22.0 Å². The number of carbonyl (C=O) groups excluding carboxylic acids is 1. The molecule has 0 spiro atoms. The molecule has 1 fully saturated rings. The number of nitrogen functional groups attached to an aromatic ring is 1. The third-order valence-electron chi connectivity index (χ3n) is 4.56. The van der Waals surface area contributed by atoms with Crippen LogP contribution >= 0.6 is 0 Å². The molecule has 1 aliphatic heterocycles. The second-order valence-electron chi connectivity index (χ2n) is 6.58. The summed E-state index contributed by atoms with van der Waals surface area (Å²) in [4.78, 5) is 17.8. The van der Waals surface area contributed by atoms with Crippen molar-refractivity contribution in [2.75, 3.05) is 31.9 Å². The lowest BCUT2D eigenvalue weighted by atomic mass is 10.1. The standard InChI is InChI=1S/C18H20F2N4O3S/c1-18(19,20)14-3-5-15(6-4-14)28(26,27)24-10-8-23(9-11-24)17(25)13-2-7-16(21)22-12-13/h2-7,12H,8-11H2,1H3,(H2,21,22). The first-order valence-electron chi connectivity index (χ1n) is 8.58. The largest absolute Gasteiger partial charge is 0.384 e. The van der Waals surface area contributed by atoms with Crippen LogP contribution in [0.25, 0.3) is 0 Å². The molecule has 0 bridgehead atoms. The predicted molar refractivity (Wildman–Crippen MR) is 99.3 cm³/mol. The molecule has 2 heterocycles. The van der Waals surface area contributed by atoms with E-state index < -0.39 is 15.9 Å². The van der Waals surface area contributed by atoms with Crippen molar-refractivity contribution in [3.63, 3.8) is 0 Å². The molecule has 150 valence electrons. The van der Waals surface area contributed by atoms with Gasteiger partial charge in [-0.15, -0.1) is 0 Å². The Labute approximate surface area is 161 Å². The fourth-order valence-corrected chi connectivity index (χ4v) is 4.34. The highest BCUT2D eigenvalue weighted by atomic mass is 32.2. The Hall–Kier alpha value is -2.59. The summed E-state index contributed by atoms with van der Waals surface area (Å²) in [5, 5.41) is 0. The fourth-order valence-electron chi connectivity index (χ4n) is 2.91. The molecule has 0 atom stereocenters. The van der Waals surface area contributed by atoms with Crippen LogP contribution in [0.15, 0.2) is 47.5 Å². The number of sulfonamides is 1. The Balaban J connectivity index is 1.68. The highest BCUT2D eigenvalue weighted by Crippen LogP contribution is 2.28. The first kappa shape index (κ1) is 20.2. The van der Waals surface area contributed by atoms with E-state index in [9.17, 15) is 22.0 Å². The maximum atomic E-state index is 13.3. The van der Waals surface area contributed by atoms with Crippen molar-refractivity contribution in [2.24, 2.45) is 0 Å². The molecule has 0 radical (unpaired) electrons. The molecule has 0 unspecified atom stereocenters. The second kappa shape index (κ2) is 7.44. The number of benzene rings is 1. The Morgan fingerprint density at radius 1 is 1.07 bits per heavy atom. The lowest BCUT2D eigenvalue weighted by Gasteiger charge is -2.34. The van der Waals surface area contributed by atoms with Crippen molar-refractivity contribution >= 4 is 21.7 Å². The van der Waals surface area contributed by atoms with E-state index in [-0.39, 0.29) is 42.5 Å². The minimum Gasteiger partial charge on any atom is -0.384 e. The van der Waals surface area contributed by atoms with Gasteiger partial charge in [0.15, 0.2) is 0 Å². The van der Waals surface area contributed by atoms with E-state index in [0.717, 1.165) is 19.1 Å². The predicted octanol–water partition coefficient (Wildman–Crippen LogP) is 1.92. The molecule has 1 aliphatic rings. The zero-order valence-corrected chi connectivity index (χ0v) is 16.0. The lowest BCUT2D eigenvalue weighted by molar-refractivity contribution is 0.0174. The van der Waals surface area contributed by atoms with Crippen LogP contribution in [0.4, 0.5) is 14.6 Å². The van der Waals surface area contributed by atoms with Crippen LogP contribution in [0, 0.1) is 0 Å². The van der Waals surface area contributed by atoms with E-state index in [4.69, 9.17) is 5.73 Å². The number of pyridine rings is 1. The number of nitrogens with zero attached hydrogens (tertiary/aromatic N) is 3. The van der Waals surface area contributed by atoms with Gasteiger partial charge in [0.2, 0.25) is 10.0 Å². The Bertz CT molecular complexity index is 950. The average Bonchev–Trinajstić information content (AvgIpc) is 2.67. The number of hydrogen-bond donors (Lipinski definition) is 1. The number of nitrogens with two attached hydrogens (primary N) is 1. The number of aromatic nitrogens is 1. The number of alkyl halides is 2. The van der Waals surface area contributed by atoms with Crippen molar-refractivity contribution in [1.82, 2.24) is 14.2 Å². The summed E-state index contributed by atoms with van der Waals surface area (Å²) in [7, 11) is -3.82. The van der Waals surface area contributed by atoms with Gasteiger partial charge in [0.05, 0.1) is 10.5 Å². The molecule has 1 aromatic carbocycles. The molecule has 3 rings (SSSR count). The number of amides is 1. The first-order chi connectivity index (χ1) is 13.1. The van der Waals surface area contributed by atoms with Gasteiger partial charge in [-0.25, -0.2) is 22.2 Å². The second-order valence-corrected chi connectivity index (χ2v) is 8.52. The van der Waals surface area contributed by atoms with Crippen LogP contribution in [0.2, 0.25) is 0 Å². The minimum atomic E-state index is -3.82. The van der Waals surface area contributed by atoms with Gasteiger partial charge in [0.1, 0.15) is 5.82 Å². The SMILES string of the molecule is CC(F)(F)c1ccc(S(=O)(=O)N2CCN(C(=O)c3ccc(N)nc3)CC2)cc1. The third-order valence-corrected chi connectivity index (χ3v) is 6.47. The minimum absolute atomic E-state index is 0.0528. The quantitative estimate of drug-likeness (QED) is 0.831. The first-order valence-corrected chi connectivity index (χ1v) is 10.0. The smallest absolute Gasteiger partial charge is 0.270 e. The highest BCUT2D eigenvalue weighted by Gasteiger charge is 2.31. The van der Waals surface area contributed by atoms with Crippen LogP contribution in [0.3, 0.4) is 0 Å². The summed E-state index contributed by atoms with van der Waals surface area (Å²) in [5.74, 6) is -2.98. The third kappa shape index (κ3) is 4.12. The van der Waals surface area contributed by atoms with Gasteiger partial charge < -0.3 is 10.6 Å². The molecular weight excluding hydrogens is 390 g/mol. The Morgan fingerprint density at radius 3 is 2.18 bits per heavy atom. The molecule has 0 saturated carbocycles. The Morgan fingerprint density at radius 2 is 1.68 bits per heavy atom. The van der Waals surface area contributed by atoms with E-state index in [1.54, 1.807) is 11.0 Å². The van der Waals surface area contributed by atoms with Gasteiger partial charge in [-0.1, -0.05) is 12.1 Å². The molecular formula is C18H20F2N4O3S. The van der Waals surface area contributed by atoms with Gasteiger partial charge >= 0.3 is 0 Å². The van der Waals surface area contributed by atoms with Crippen LogP contribution in [0.5, 0.6) is 0 Å². The number of carbonyl (C=O) groups is 1. The van der Waals surface area contributed by atoms with Gasteiger partial charge in [-0.05, 0) is 24.3 Å². The molecule has 0 aliphatic carbocycles. The molecule has 1 saturated heterocycles. The number of piperazine rings is 1. The molecule has 2 N–H and O–H groups in total.